The van der Waals surface area contributed by atoms with Crippen LogP contribution in [0.25, 0.3) is 0 Å². The van der Waals surface area contributed by atoms with E-state index in [9.17, 15) is 52.7 Å². The van der Waals surface area contributed by atoms with Gasteiger partial charge in [0.1, 0.15) is 37.6 Å². The number of hydrogen-bond donors (Lipinski definition) is 0. The topological polar surface area (TPSA) is 345 Å². The number of unbranched alkanes of at least 4 members (excludes halogenated alkanes) is 5. The van der Waals surface area contributed by atoms with Crippen molar-refractivity contribution in [2.45, 2.75) is 151 Å². The molecule has 3 heterocycles. The summed E-state index contributed by atoms with van der Waals surface area (Å²) in [6.45, 7) is -0.607. The van der Waals surface area contributed by atoms with Gasteiger partial charge in [-0.3, -0.25) is 14.4 Å². The third kappa shape index (κ3) is 23.7. The van der Waals surface area contributed by atoms with E-state index in [1.165, 1.54) is 116 Å². The van der Waals surface area contributed by atoms with Crippen molar-refractivity contribution in [3.8, 4) is 0 Å². The van der Waals surface area contributed by atoms with Crippen LogP contribution in [-0.2, 0) is 94.9 Å². The summed E-state index contributed by atoms with van der Waals surface area (Å²) in [5.74, 6) is -10.5. The van der Waals surface area contributed by atoms with Crippen LogP contribution in [0.3, 0.4) is 0 Å². The average Bonchev–Trinajstić information content (AvgIpc) is 0.759. The lowest BCUT2D eigenvalue weighted by molar-refractivity contribution is -0.365. The van der Waals surface area contributed by atoms with E-state index in [-0.39, 0.29) is 63.5 Å². The molecule has 0 unspecified atom stereocenters. The van der Waals surface area contributed by atoms with Crippen molar-refractivity contribution in [1.29, 1.82) is 0 Å². The van der Waals surface area contributed by atoms with Gasteiger partial charge in [-0.25, -0.2) is 38.4 Å². The van der Waals surface area contributed by atoms with Crippen LogP contribution in [-0.4, -0.2) is 191 Å². The van der Waals surface area contributed by atoms with Crippen molar-refractivity contribution in [3.63, 3.8) is 0 Å². The van der Waals surface area contributed by atoms with Crippen molar-refractivity contribution in [2.75, 3.05) is 33.5 Å². The number of esters is 11. The summed E-state index contributed by atoms with van der Waals surface area (Å²) in [6.07, 6.45) is -25.3. The fourth-order valence-corrected chi connectivity index (χ4v) is 13.0. The Morgan fingerprint density at radius 3 is 0.871 bits per heavy atom. The van der Waals surface area contributed by atoms with Crippen LogP contribution in [0.2, 0.25) is 0 Å². The van der Waals surface area contributed by atoms with E-state index < -0.39 is 172 Å². The zero-order valence-corrected chi connectivity index (χ0v) is 63.5. The van der Waals surface area contributed by atoms with Gasteiger partial charge in [0.05, 0.1) is 58.2 Å². The third-order valence-electron chi connectivity index (χ3n) is 18.7. The van der Waals surface area contributed by atoms with E-state index in [1.807, 2.05) is 0 Å². The van der Waals surface area contributed by atoms with Gasteiger partial charge in [-0.1, -0.05) is 171 Å². The molecule has 116 heavy (non-hydrogen) atoms. The molecule has 3 aliphatic rings. The SMILES string of the molecule is COC(=O)CCCCCCCCO[C@H]1O[C@H](CO[C@H]2O[C@H](COC(=O)c3ccccc3)[C@@H](OC(=O)c3ccccc3)[C@H](OC(=O)c3ccccc3)[C@@H]2OC(=O)c2ccccc2)[C@@H](OC(C)=O)[C@H](O[C@H]2O[C@H](COC(=O)c3ccccc3)[C@@H](OC(=O)c3ccccc3)[C@H](OC(=O)c3ccccc3)[C@@H]2OC(=O)c2ccccc2)[C@@H]1OC(C)=O. The first-order chi connectivity index (χ1) is 56.4. The third-order valence-corrected chi connectivity index (χ3v) is 18.7. The molecular formula is C88H86O28. The molecule has 0 N–H and O–H groups in total. The first-order valence-corrected chi connectivity index (χ1v) is 37.7. The summed E-state index contributed by atoms with van der Waals surface area (Å²) in [4.78, 5) is 156. The van der Waals surface area contributed by atoms with Crippen LogP contribution in [0.4, 0.5) is 0 Å². The lowest BCUT2D eigenvalue weighted by atomic mass is 9.95. The fraction of sp³-hybridized carbons (Fsp3) is 0.330. The second-order valence-corrected chi connectivity index (χ2v) is 26.9. The van der Waals surface area contributed by atoms with Gasteiger partial charge in [0.2, 0.25) is 0 Å². The molecule has 3 aliphatic heterocycles. The Bertz CT molecular complexity index is 4540. The minimum Gasteiger partial charge on any atom is -0.469 e. The molecule has 0 bridgehead atoms. The van der Waals surface area contributed by atoms with Crippen molar-refractivity contribution in [2.24, 2.45) is 0 Å². The fourth-order valence-electron chi connectivity index (χ4n) is 13.0. The van der Waals surface area contributed by atoms with Crippen LogP contribution >= 0.6 is 0 Å². The molecule has 0 saturated carbocycles. The van der Waals surface area contributed by atoms with Gasteiger partial charge in [-0.2, -0.15) is 0 Å². The Morgan fingerprint density at radius 1 is 0.267 bits per heavy atom. The standard InChI is InChI=1S/C88H86O28/c1-55(89)105-69-67(54-104-87-76(114-84(98)63-46-28-14-29-47-63)72(112-82(96)61-42-24-12-25-43-61)70(110-80(94)59-38-20-10-21-39-59)65(108-87)52-102-78(92)57-34-16-8-17-35-57)107-86(101-51-33-7-5-4-6-32-50-68(91)100-3)75(106-56(2)90)74(69)116-88-77(115-85(99)64-48-30-15-31-49-64)73(113-83(97)62-44-26-13-27-45-62)71(111-81(95)60-40-22-11-23-41-60)66(109-88)53-103-79(93)58-36-18-9-19-37-58/h8-31,34-49,65-67,69-77,86-88H,4-7,32-33,50-54H2,1-3H3/t65-,66-,67-,69-,70-,71-,72+,73+,74+,75+,76+,77+,86+,87+,88-/m1/s1. The summed E-state index contributed by atoms with van der Waals surface area (Å²) < 4.78 is 108. The highest BCUT2D eigenvalue weighted by Gasteiger charge is 2.60. The summed E-state index contributed by atoms with van der Waals surface area (Å²) in [6, 6.07) is 61.2. The van der Waals surface area contributed by atoms with Gasteiger partial charge in [0.25, 0.3) is 0 Å². The first-order valence-electron chi connectivity index (χ1n) is 37.7. The Kier molecular flexibility index (Phi) is 31.1. The monoisotopic (exact) mass is 1590 g/mol. The zero-order chi connectivity index (χ0) is 81.7. The van der Waals surface area contributed by atoms with Crippen LogP contribution in [0.1, 0.15) is 142 Å². The number of rotatable bonds is 35. The molecule has 3 saturated heterocycles. The lowest BCUT2D eigenvalue weighted by Crippen LogP contribution is -2.68. The van der Waals surface area contributed by atoms with Crippen molar-refractivity contribution in [1.82, 2.24) is 0 Å². The van der Waals surface area contributed by atoms with Gasteiger partial charge in [0.15, 0.2) is 67.7 Å². The predicted molar refractivity (Wildman–Crippen MR) is 406 cm³/mol. The Labute approximate surface area is 667 Å². The Morgan fingerprint density at radius 2 is 0.526 bits per heavy atom. The molecule has 8 aromatic carbocycles. The van der Waals surface area contributed by atoms with Crippen molar-refractivity contribution < 1.29 is 133 Å². The van der Waals surface area contributed by atoms with Gasteiger partial charge in [-0.05, 0) is 110 Å². The van der Waals surface area contributed by atoms with Crippen molar-refractivity contribution >= 4 is 65.7 Å². The zero-order valence-electron chi connectivity index (χ0n) is 63.5. The molecule has 28 nitrogen and oxygen atoms in total. The number of methoxy groups -OCH3 is 1. The Balaban J connectivity index is 1.04. The second kappa shape index (κ2) is 42.7. The van der Waals surface area contributed by atoms with Crippen LogP contribution in [0, 0.1) is 0 Å². The van der Waals surface area contributed by atoms with E-state index in [4.69, 9.17) is 80.5 Å². The van der Waals surface area contributed by atoms with E-state index in [1.54, 1.807) is 133 Å². The first kappa shape index (κ1) is 84.6. The van der Waals surface area contributed by atoms with Gasteiger partial charge in [-0.15, -0.1) is 0 Å². The van der Waals surface area contributed by atoms with Crippen LogP contribution in [0.15, 0.2) is 243 Å². The summed E-state index contributed by atoms with van der Waals surface area (Å²) in [5, 5.41) is 0. The predicted octanol–water partition coefficient (Wildman–Crippen LogP) is 11.4. The quantitative estimate of drug-likeness (QED) is 0.0202. The minimum absolute atomic E-state index is 0.00671. The highest BCUT2D eigenvalue weighted by atomic mass is 16.8. The maximum absolute atomic E-state index is 14.9. The highest BCUT2D eigenvalue weighted by Crippen LogP contribution is 2.39. The molecule has 11 rings (SSSR count). The van der Waals surface area contributed by atoms with Gasteiger partial charge >= 0.3 is 65.7 Å². The maximum Gasteiger partial charge on any atom is 0.338 e. The van der Waals surface area contributed by atoms with Gasteiger partial charge < -0.3 is 80.5 Å². The summed E-state index contributed by atoms with van der Waals surface area (Å²) in [5.41, 5.74) is -0.0406. The number of hydrogen-bond acceptors (Lipinski definition) is 28. The molecule has 0 aliphatic carbocycles. The molecule has 0 spiro atoms. The summed E-state index contributed by atoms with van der Waals surface area (Å²) >= 11 is 0. The maximum atomic E-state index is 14.9. The smallest absolute Gasteiger partial charge is 0.338 e. The normalized spacial score (nSPS) is 22.8. The summed E-state index contributed by atoms with van der Waals surface area (Å²) in [7, 11) is 1.31. The molecule has 3 fully saturated rings. The van der Waals surface area contributed by atoms with Crippen LogP contribution < -0.4 is 0 Å². The number of ether oxygens (including phenoxy) is 17. The molecule has 0 radical (unpaired) electrons. The molecule has 0 amide bonds. The number of carbonyl (C=O) groups is 11. The number of benzene rings is 8. The Hall–Kier alpha value is -12.3. The van der Waals surface area contributed by atoms with Crippen LogP contribution in [0.5, 0.6) is 0 Å². The lowest BCUT2D eigenvalue weighted by Gasteiger charge is -2.49. The average molecular weight is 1590 g/mol. The van der Waals surface area contributed by atoms with Gasteiger partial charge in [0, 0.05) is 26.9 Å². The number of carbonyl (C=O) groups excluding carboxylic acids is 11. The van der Waals surface area contributed by atoms with E-state index in [2.05, 4.69) is 0 Å². The molecule has 28 heteroatoms. The van der Waals surface area contributed by atoms with Crippen molar-refractivity contribution in [3.05, 3.63) is 287 Å². The molecule has 606 valence electrons. The van der Waals surface area contributed by atoms with E-state index in [0.717, 1.165) is 13.8 Å². The molecular weight excluding hydrogens is 1500 g/mol. The molecule has 15 atom stereocenters. The minimum atomic E-state index is -2.21. The molecule has 8 aromatic rings. The van der Waals surface area contributed by atoms with E-state index >= 15 is 0 Å². The van der Waals surface area contributed by atoms with E-state index in [0.29, 0.717) is 38.5 Å². The molecule has 0 aromatic heterocycles. The second-order valence-electron chi connectivity index (χ2n) is 26.9. The largest absolute Gasteiger partial charge is 0.469 e. The highest BCUT2D eigenvalue weighted by molar-refractivity contribution is 5.94.